The van der Waals surface area contributed by atoms with Crippen LogP contribution in [0, 0.1) is 5.92 Å². The van der Waals surface area contributed by atoms with Crippen molar-refractivity contribution < 1.29 is 14.6 Å². The lowest BCUT2D eigenvalue weighted by atomic mass is 9.97. The zero-order chi connectivity index (χ0) is 11.3. The molecule has 2 aliphatic heterocycles. The van der Waals surface area contributed by atoms with Crippen LogP contribution in [0.1, 0.15) is 33.1 Å². The Bertz CT molecular complexity index is 277. The van der Waals surface area contributed by atoms with E-state index in [0.717, 1.165) is 19.3 Å². The molecule has 0 amide bonds. The Labute approximate surface area is 96.3 Å². The normalized spacial score (nSPS) is 48.6. The van der Waals surface area contributed by atoms with E-state index in [1.54, 1.807) is 0 Å². The number of aliphatic hydroxyl groups excluding tert-OH is 1. The molecule has 3 rings (SSSR count). The Morgan fingerprint density at radius 1 is 1.25 bits per heavy atom. The molecule has 0 aromatic carbocycles. The van der Waals surface area contributed by atoms with Crippen molar-refractivity contribution in [3.05, 3.63) is 0 Å². The highest BCUT2D eigenvalue weighted by atomic mass is 16.8. The zero-order valence-corrected chi connectivity index (χ0v) is 9.98. The van der Waals surface area contributed by atoms with Gasteiger partial charge in [0, 0.05) is 18.0 Å². The summed E-state index contributed by atoms with van der Waals surface area (Å²) in [7, 11) is 0. The first-order chi connectivity index (χ1) is 7.73. The molecule has 0 aromatic rings. The predicted octanol–water partition coefficient (Wildman–Crippen LogP) is 0.639. The number of piperidine rings is 1. The number of hydrogen-bond donors (Lipinski definition) is 2. The fourth-order valence-corrected chi connectivity index (χ4v) is 3.59. The monoisotopic (exact) mass is 227 g/mol. The van der Waals surface area contributed by atoms with Crippen LogP contribution in [-0.2, 0) is 9.47 Å². The van der Waals surface area contributed by atoms with Crippen LogP contribution in [0.25, 0.3) is 0 Å². The van der Waals surface area contributed by atoms with E-state index in [2.05, 4.69) is 19.2 Å². The van der Waals surface area contributed by atoms with Crippen LogP contribution in [0.15, 0.2) is 0 Å². The lowest BCUT2D eigenvalue weighted by Gasteiger charge is -2.29. The molecular formula is C12H21NO3. The molecule has 0 radical (unpaired) electrons. The van der Waals surface area contributed by atoms with Gasteiger partial charge in [-0.25, -0.2) is 0 Å². The van der Waals surface area contributed by atoms with Crippen LogP contribution in [0.3, 0.4) is 0 Å². The van der Waals surface area contributed by atoms with Crippen LogP contribution in [0.4, 0.5) is 0 Å². The van der Waals surface area contributed by atoms with Crippen molar-refractivity contribution in [2.24, 2.45) is 5.92 Å². The van der Waals surface area contributed by atoms with E-state index in [9.17, 15) is 5.11 Å². The molecule has 2 N–H and O–H groups in total. The molecule has 0 unspecified atom stereocenters. The van der Waals surface area contributed by atoms with E-state index in [-0.39, 0.29) is 30.6 Å². The van der Waals surface area contributed by atoms with Gasteiger partial charge in [0.25, 0.3) is 0 Å². The SMILES string of the molecule is CCC1(CC)O[C@@H]2[C@@H]3C[C@@H](N[C@H]3CO)[C@@H]2O1. The van der Waals surface area contributed by atoms with Crippen molar-refractivity contribution in [3.8, 4) is 0 Å². The number of rotatable bonds is 3. The lowest BCUT2D eigenvalue weighted by Crippen LogP contribution is -2.51. The summed E-state index contributed by atoms with van der Waals surface area (Å²) >= 11 is 0. The van der Waals surface area contributed by atoms with E-state index >= 15 is 0 Å². The van der Waals surface area contributed by atoms with Crippen LogP contribution in [0.5, 0.6) is 0 Å². The number of fused-ring (bicyclic) bond motifs is 5. The predicted molar refractivity (Wildman–Crippen MR) is 59.0 cm³/mol. The van der Waals surface area contributed by atoms with Crippen LogP contribution >= 0.6 is 0 Å². The molecular weight excluding hydrogens is 206 g/mol. The molecule has 0 aromatic heterocycles. The van der Waals surface area contributed by atoms with Gasteiger partial charge in [-0.05, 0) is 19.3 Å². The van der Waals surface area contributed by atoms with Gasteiger partial charge in [-0.15, -0.1) is 0 Å². The van der Waals surface area contributed by atoms with Crippen molar-refractivity contribution in [2.45, 2.75) is 63.2 Å². The molecule has 4 nitrogen and oxygen atoms in total. The van der Waals surface area contributed by atoms with E-state index in [1.807, 2.05) is 0 Å². The van der Waals surface area contributed by atoms with Gasteiger partial charge in [0.2, 0.25) is 0 Å². The Morgan fingerprint density at radius 3 is 2.56 bits per heavy atom. The van der Waals surface area contributed by atoms with Gasteiger partial charge in [0.05, 0.1) is 12.7 Å². The smallest absolute Gasteiger partial charge is 0.168 e. The van der Waals surface area contributed by atoms with Gasteiger partial charge < -0.3 is 19.9 Å². The molecule has 2 heterocycles. The minimum Gasteiger partial charge on any atom is -0.395 e. The summed E-state index contributed by atoms with van der Waals surface area (Å²) in [4.78, 5) is 0. The molecule has 0 spiro atoms. The topological polar surface area (TPSA) is 50.7 Å². The van der Waals surface area contributed by atoms with Crippen LogP contribution in [-0.4, -0.2) is 41.8 Å². The zero-order valence-electron chi connectivity index (χ0n) is 9.98. The maximum Gasteiger partial charge on any atom is 0.168 e. The van der Waals surface area contributed by atoms with E-state index < -0.39 is 0 Å². The van der Waals surface area contributed by atoms with Gasteiger partial charge in [-0.1, -0.05) is 13.8 Å². The average Bonchev–Trinajstić information content (AvgIpc) is 2.97. The van der Waals surface area contributed by atoms with E-state index in [4.69, 9.17) is 9.47 Å². The second kappa shape index (κ2) is 3.67. The van der Waals surface area contributed by atoms with Crippen molar-refractivity contribution in [2.75, 3.05) is 6.61 Å². The summed E-state index contributed by atoms with van der Waals surface area (Å²) in [5, 5.41) is 12.7. The first-order valence-corrected chi connectivity index (χ1v) is 6.45. The fourth-order valence-electron chi connectivity index (χ4n) is 3.59. The van der Waals surface area contributed by atoms with Crippen LogP contribution in [0.2, 0.25) is 0 Å². The number of hydrogen-bond acceptors (Lipinski definition) is 4. The first kappa shape index (κ1) is 11.0. The second-order valence-corrected chi connectivity index (χ2v) is 5.24. The van der Waals surface area contributed by atoms with Gasteiger partial charge in [0.15, 0.2) is 5.79 Å². The maximum absolute atomic E-state index is 9.29. The highest BCUT2D eigenvalue weighted by Crippen LogP contribution is 2.48. The van der Waals surface area contributed by atoms with Crippen molar-refractivity contribution in [1.82, 2.24) is 5.32 Å². The standard InChI is InChI=1S/C12H21NO3/c1-3-12(4-2)15-10-7-5-8(11(10)16-12)13-9(7)6-14/h7-11,13-14H,3-6H2,1-2H3/t7-,8-,9+,10-,11+/m1/s1. The third kappa shape index (κ3) is 1.30. The minimum atomic E-state index is -0.363. The summed E-state index contributed by atoms with van der Waals surface area (Å²) in [5.74, 6) is 0.0677. The minimum absolute atomic E-state index is 0.198. The molecule has 92 valence electrons. The summed E-state index contributed by atoms with van der Waals surface area (Å²) < 4.78 is 12.3. The highest BCUT2D eigenvalue weighted by Gasteiger charge is 2.61. The molecule has 2 bridgehead atoms. The molecule has 3 aliphatic rings. The quantitative estimate of drug-likeness (QED) is 0.743. The average molecular weight is 227 g/mol. The van der Waals surface area contributed by atoms with Gasteiger partial charge in [-0.2, -0.15) is 0 Å². The van der Waals surface area contributed by atoms with Crippen molar-refractivity contribution >= 4 is 0 Å². The molecule has 1 aliphatic carbocycles. The largest absolute Gasteiger partial charge is 0.395 e. The fraction of sp³-hybridized carbons (Fsp3) is 1.00. The molecule has 5 atom stereocenters. The molecule has 1 saturated carbocycles. The lowest BCUT2D eigenvalue weighted by molar-refractivity contribution is -0.186. The molecule has 16 heavy (non-hydrogen) atoms. The Hall–Kier alpha value is -0.160. The third-order valence-corrected chi connectivity index (χ3v) is 4.59. The summed E-state index contributed by atoms with van der Waals surface area (Å²) in [6.07, 6.45) is 3.29. The third-order valence-electron chi connectivity index (χ3n) is 4.59. The van der Waals surface area contributed by atoms with Crippen LogP contribution < -0.4 is 5.32 Å². The van der Waals surface area contributed by atoms with Gasteiger partial charge in [0.1, 0.15) is 6.10 Å². The Kier molecular flexibility index (Phi) is 2.51. The molecule has 4 heteroatoms. The van der Waals surface area contributed by atoms with E-state index in [1.165, 1.54) is 0 Å². The first-order valence-electron chi connectivity index (χ1n) is 6.45. The Morgan fingerprint density at radius 2 is 1.94 bits per heavy atom. The van der Waals surface area contributed by atoms with Crippen molar-refractivity contribution in [1.29, 1.82) is 0 Å². The Balaban J connectivity index is 1.79. The summed E-state index contributed by atoms with van der Waals surface area (Å²) in [5.41, 5.74) is 0. The second-order valence-electron chi connectivity index (χ2n) is 5.24. The van der Waals surface area contributed by atoms with E-state index in [0.29, 0.717) is 12.0 Å². The summed E-state index contributed by atoms with van der Waals surface area (Å²) in [6, 6.07) is 0.589. The number of ether oxygens (including phenoxy) is 2. The van der Waals surface area contributed by atoms with Gasteiger partial charge >= 0.3 is 0 Å². The number of aliphatic hydroxyl groups is 1. The summed E-state index contributed by atoms with van der Waals surface area (Å²) in [6.45, 7) is 4.44. The van der Waals surface area contributed by atoms with Crippen molar-refractivity contribution in [3.63, 3.8) is 0 Å². The maximum atomic E-state index is 9.29. The number of nitrogens with one attached hydrogen (secondary N) is 1. The molecule has 3 fully saturated rings. The van der Waals surface area contributed by atoms with Gasteiger partial charge in [-0.3, -0.25) is 0 Å². The molecule has 2 saturated heterocycles. The highest BCUT2D eigenvalue weighted by molar-refractivity contribution is 5.11.